The molecule has 1 rings (SSSR count). The summed E-state index contributed by atoms with van der Waals surface area (Å²) in [7, 11) is 4.28. The zero-order valence-corrected chi connectivity index (χ0v) is 10.7. The zero-order chi connectivity index (χ0) is 12.2. The molecule has 0 saturated carbocycles. The average Bonchev–Trinajstić information content (AvgIpc) is 2.66. The molecule has 1 aliphatic heterocycles. The van der Waals surface area contributed by atoms with Crippen LogP contribution in [0.3, 0.4) is 0 Å². The van der Waals surface area contributed by atoms with E-state index in [1.807, 2.05) is 0 Å². The van der Waals surface area contributed by atoms with Crippen molar-refractivity contribution >= 4 is 0 Å². The van der Waals surface area contributed by atoms with Gasteiger partial charge in [0.15, 0.2) is 0 Å². The predicted octanol–water partition coefficient (Wildman–Crippen LogP) is 0.643. The fourth-order valence-corrected chi connectivity index (χ4v) is 2.16. The summed E-state index contributed by atoms with van der Waals surface area (Å²) in [6, 6.07) is 2.84. The van der Waals surface area contributed by atoms with Crippen molar-refractivity contribution in [1.82, 2.24) is 9.80 Å². The molecule has 1 saturated heterocycles. The topological polar surface area (TPSA) is 56.3 Å². The van der Waals surface area contributed by atoms with E-state index in [0.717, 1.165) is 25.9 Å². The Hall–Kier alpha value is -0.630. The van der Waals surface area contributed by atoms with Crippen molar-refractivity contribution < 1.29 is 0 Å². The Balaban J connectivity index is 2.19. The van der Waals surface area contributed by atoms with Gasteiger partial charge in [0.1, 0.15) is 5.54 Å². The van der Waals surface area contributed by atoms with Gasteiger partial charge in [0.2, 0.25) is 0 Å². The number of likely N-dealkylation sites (tertiary alicyclic amines) is 1. The molecule has 2 N–H and O–H groups in total. The molecule has 0 radical (unpaired) electrons. The molecule has 0 bridgehead atoms. The fraction of sp³-hybridized carbons (Fsp3) is 0.917. The van der Waals surface area contributed by atoms with E-state index >= 15 is 0 Å². The van der Waals surface area contributed by atoms with Crippen LogP contribution in [-0.4, -0.2) is 55.1 Å². The minimum absolute atomic E-state index is 0.652. The first kappa shape index (κ1) is 13.4. The van der Waals surface area contributed by atoms with Crippen molar-refractivity contribution in [3.63, 3.8) is 0 Å². The molecule has 1 aliphatic rings. The standard InChI is InChI=1S/C12H24N4/c1-12(14,10-13)6-4-7-16-8-5-11(9-16)15(2)3/h11H,4-9,14H2,1-3H3. The van der Waals surface area contributed by atoms with Crippen molar-refractivity contribution in [2.45, 2.75) is 37.8 Å². The number of rotatable bonds is 5. The van der Waals surface area contributed by atoms with Gasteiger partial charge in [-0.1, -0.05) is 0 Å². The van der Waals surface area contributed by atoms with Gasteiger partial charge < -0.3 is 15.5 Å². The van der Waals surface area contributed by atoms with Crippen molar-refractivity contribution in [2.24, 2.45) is 5.73 Å². The highest BCUT2D eigenvalue weighted by Gasteiger charge is 2.24. The summed E-state index contributed by atoms with van der Waals surface area (Å²) in [5.74, 6) is 0. The van der Waals surface area contributed by atoms with Gasteiger partial charge >= 0.3 is 0 Å². The number of nitriles is 1. The normalized spacial score (nSPS) is 25.6. The van der Waals surface area contributed by atoms with E-state index in [-0.39, 0.29) is 0 Å². The Morgan fingerprint density at radius 3 is 2.75 bits per heavy atom. The lowest BCUT2D eigenvalue weighted by molar-refractivity contribution is 0.263. The summed E-state index contributed by atoms with van der Waals surface area (Å²) in [6.45, 7) is 5.20. The monoisotopic (exact) mass is 224 g/mol. The number of hydrogen-bond donors (Lipinski definition) is 1. The van der Waals surface area contributed by atoms with Crippen LogP contribution in [0.2, 0.25) is 0 Å². The third kappa shape index (κ3) is 4.09. The van der Waals surface area contributed by atoms with E-state index in [0.29, 0.717) is 6.04 Å². The predicted molar refractivity (Wildman–Crippen MR) is 66.0 cm³/mol. The molecule has 0 aromatic carbocycles. The van der Waals surface area contributed by atoms with Gasteiger partial charge in [0, 0.05) is 12.6 Å². The second-order valence-corrected chi connectivity index (χ2v) is 5.34. The van der Waals surface area contributed by atoms with Crippen molar-refractivity contribution in [1.29, 1.82) is 5.26 Å². The Labute approximate surface area is 99.0 Å². The molecular formula is C12H24N4. The van der Waals surface area contributed by atoms with Crippen LogP contribution in [-0.2, 0) is 0 Å². The quantitative estimate of drug-likeness (QED) is 0.745. The van der Waals surface area contributed by atoms with E-state index in [9.17, 15) is 0 Å². The van der Waals surface area contributed by atoms with E-state index < -0.39 is 5.54 Å². The smallest absolute Gasteiger partial charge is 0.101 e. The van der Waals surface area contributed by atoms with Crippen LogP contribution in [0, 0.1) is 11.3 Å². The lowest BCUT2D eigenvalue weighted by atomic mass is 9.99. The van der Waals surface area contributed by atoms with Gasteiger partial charge in [-0.15, -0.1) is 0 Å². The summed E-state index contributed by atoms with van der Waals surface area (Å²) < 4.78 is 0. The van der Waals surface area contributed by atoms with Crippen LogP contribution in [0.1, 0.15) is 26.2 Å². The van der Waals surface area contributed by atoms with Crippen molar-refractivity contribution in [3.05, 3.63) is 0 Å². The summed E-state index contributed by atoms with van der Waals surface area (Å²) >= 11 is 0. The highest BCUT2D eigenvalue weighted by molar-refractivity contribution is 5.00. The summed E-state index contributed by atoms with van der Waals surface area (Å²) in [5, 5.41) is 8.81. The molecule has 0 amide bonds. The SMILES string of the molecule is CN(C)C1CCN(CCCC(C)(N)C#N)C1. The van der Waals surface area contributed by atoms with Gasteiger partial charge in [-0.05, 0) is 53.4 Å². The lowest BCUT2D eigenvalue weighted by Crippen LogP contribution is -2.36. The maximum atomic E-state index is 8.81. The number of hydrogen-bond acceptors (Lipinski definition) is 4. The molecule has 92 valence electrons. The van der Waals surface area contributed by atoms with Gasteiger partial charge in [0.25, 0.3) is 0 Å². The minimum Gasteiger partial charge on any atom is -0.314 e. The van der Waals surface area contributed by atoms with Crippen molar-refractivity contribution in [3.8, 4) is 6.07 Å². The van der Waals surface area contributed by atoms with Gasteiger partial charge in [-0.3, -0.25) is 0 Å². The van der Waals surface area contributed by atoms with Crippen LogP contribution in [0.4, 0.5) is 0 Å². The average molecular weight is 224 g/mol. The first-order valence-electron chi connectivity index (χ1n) is 6.03. The molecule has 0 aromatic heterocycles. The third-order valence-electron chi connectivity index (χ3n) is 3.40. The van der Waals surface area contributed by atoms with Crippen LogP contribution >= 0.6 is 0 Å². The van der Waals surface area contributed by atoms with Crippen LogP contribution in [0.15, 0.2) is 0 Å². The van der Waals surface area contributed by atoms with E-state index in [1.165, 1.54) is 13.0 Å². The number of nitrogens with zero attached hydrogens (tertiary/aromatic N) is 3. The lowest BCUT2D eigenvalue weighted by Gasteiger charge is -2.21. The van der Waals surface area contributed by atoms with Gasteiger partial charge in [0.05, 0.1) is 6.07 Å². The fourth-order valence-electron chi connectivity index (χ4n) is 2.16. The molecule has 16 heavy (non-hydrogen) atoms. The summed E-state index contributed by atoms with van der Waals surface area (Å²) in [6.07, 6.45) is 3.05. The van der Waals surface area contributed by atoms with Gasteiger partial charge in [-0.25, -0.2) is 0 Å². The summed E-state index contributed by atoms with van der Waals surface area (Å²) in [4.78, 5) is 4.76. The maximum Gasteiger partial charge on any atom is 0.101 e. The van der Waals surface area contributed by atoms with E-state index in [4.69, 9.17) is 11.0 Å². The molecule has 0 spiro atoms. The second kappa shape index (κ2) is 5.62. The molecule has 2 unspecified atom stereocenters. The molecule has 4 heteroatoms. The Morgan fingerprint density at radius 2 is 2.25 bits per heavy atom. The zero-order valence-electron chi connectivity index (χ0n) is 10.7. The van der Waals surface area contributed by atoms with Crippen LogP contribution in [0.5, 0.6) is 0 Å². The molecule has 1 fully saturated rings. The molecule has 1 heterocycles. The minimum atomic E-state index is -0.652. The first-order chi connectivity index (χ1) is 7.44. The molecule has 0 aliphatic carbocycles. The highest BCUT2D eigenvalue weighted by Crippen LogP contribution is 2.15. The Kier molecular flexibility index (Phi) is 4.72. The van der Waals surface area contributed by atoms with E-state index in [1.54, 1.807) is 6.92 Å². The largest absolute Gasteiger partial charge is 0.314 e. The highest BCUT2D eigenvalue weighted by atomic mass is 15.2. The molecule has 0 aromatic rings. The Morgan fingerprint density at radius 1 is 1.56 bits per heavy atom. The second-order valence-electron chi connectivity index (χ2n) is 5.34. The van der Waals surface area contributed by atoms with Crippen molar-refractivity contribution in [2.75, 3.05) is 33.7 Å². The summed E-state index contributed by atoms with van der Waals surface area (Å²) in [5.41, 5.74) is 5.14. The first-order valence-corrected chi connectivity index (χ1v) is 6.03. The van der Waals surface area contributed by atoms with Crippen LogP contribution in [0.25, 0.3) is 0 Å². The molecule has 2 atom stereocenters. The molecule has 4 nitrogen and oxygen atoms in total. The number of nitrogens with two attached hydrogens (primary N) is 1. The van der Waals surface area contributed by atoms with E-state index in [2.05, 4.69) is 30.0 Å². The third-order valence-corrected chi connectivity index (χ3v) is 3.40. The number of likely N-dealkylation sites (N-methyl/N-ethyl adjacent to an activating group) is 1. The van der Waals surface area contributed by atoms with Crippen LogP contribution < -0.4 is 5.73 Å². The maximum absolute atomic E-state index is 8.81. The van der Waals surface area contributed by atoms with Gasteiger partial charge in [-0.2, -0.15) is 5.26 Å². The molecular weight excluding hydrogens is 200 g/mol. The Bertz CT molecular complexity index is 254.